The Hall–Kier alpha value is -0.380. The fourth-order valence-electron chi connectivity index (χ4n) is 3.40. The van der Waals surface area contributed by atoms with Crippen LogP contribution in [0.5, 0.6) is 0 Å². The van der Waals surface area contributed by atoms with E-state index in [1.807, 2.05) is 6.08 Å². The fraction of sp³-hybridized carbons (Fsp3) is 0.846. The highest BCUT2D eigenvalue weighted by atomic mass is 16.5. The molecule has 0 aromatic heterocycles. The molecule has 2 rings (SSSR count). The third kappa shape index (κ3) is 1.92. The number of hydrogen-bond acceptors (Lipinski definition) is 3. The summed E-state index contributed by atoms with van der Waals surface area (Å²) in [4.78, 5) is 0. The van der Waals surface area contributed by atoms with Gasteiger partial charge in [0.2, 0.25) is 0 Å². The SMILES string of the molecule is C[C@@H](O)/C=C/[C@@H]1[C@@]2(C)CO[C@]1(C)C[C@@H](O)C2. The van der Waals surface area contributed by atoms with Gasteiger partial charge in [0.1, 0.15) is 0 Å². The van der Waals surface area contributed by atoms with Crippen LogP contribution in [0.15, 0.2) is 12.2 Å². The number of ether oxygens (including phenoxy) is 1. The maximum absolute atomic E-state index is 9.86. The minimum atomic E-state index is -0.418. The minimum absolute atomic E-state index is 0.0117. The number of hydrogen-bond donors (Lipinski definition) is 2. The van der Waals surface area contributed by atoms with Crippen molar-refractivity contribution in [3.63, 3.8) is 0 Å². The third-order valence-corrected chi connectivity index (χ3v) is 4.07. The molecule has 1 saturated heterocycles. The molecule has 0 unspecified atom stereocenters. The molecule has 2 N–H and O–H groups in total. The second-order valence-electron chi connectivity index (χ2n) is 5.92. The summed E-state index contributed by atoms with van der Waals surface area (Å²) in [6.45, 7) is 6.69. The molecule has 2 aliphatic rings. The third-order valence-electron chi connectivity index (χ3n) is 4.07. The van der Waals surface area contributed by atoms with E-state index in [1.54, 1.807) is 6.92 Å². The number of aliphatic hydroxyl groups excluding tert-OH is 2. The predicted molar refractivity (Wildman–Crippen MR) is 62.0 cm³/mol. The van der Waals surface area contributed by atoms with Crippen molar-refractivity contribution in [2.45, 2.75) is 51.4 Å². The van der Waals surface area contributed by atoms with Crippen molar-refractivity contribution in [2.24, 2.45) is 11.3 Å². The van der Waals surface area contributed by atoms with Crippen molar-refractivity contribution in [3.8, 4) is 0 Å². The van der Waals surface area contributed by atoms with E-state index in [-0.39, 0.29) is 23.0 Å². The Morgan fingerprint density at radius 3 is 2.62 bits per heavy atom. The van der Waals surface area contributed by atoms with E-state index < -0.39 is 6.10 Å². The van der Waals surface area contributed by atoms with Crippen LogP contribution in [0.2, 0.25) is 0 Å². The zero-order valence-corrected chi connectivity index (χ0v) is 10.3. The lowest BCUT2D eigenvalue weighted by molar-refractivity contribution is -0.0446. The molecule has 92 valence electrons. The van der Waals surface area contributed by atoms with E-state index in [4.69, 9.17) is 4.74 Å². The van der Waals surface area contributed by atoms with Gasteiger partial charge >= 0.3 is 0 Å². The van der Waals surface area contributed by atoms with E-state index in [0.717, 1.165) is 6.42 Å². The first-order valence-electron chi connectivity index (χ1n) is 6.04. The zero-order chi connectivity index (χ0) is 12.0. The van der Waals surface area contributed by atoms with Gasteiger partial charge in [0.25, 0.3) is 0 Å². The van der Waals surface area contributed by atoms with Crippen LogP contribution in [0.25, 0.3) is 0 Å². The molecule has 3 heteroatoms. The van der Waals surface area contributed by atoms with Gasteiger partial charge in [-0.05, 0) is 20.3 Å². The van der Waals surface area contributed by atoms with Crippen LogP contribution in [0.1, 0.15) is 33.6 Å². The smallest absolute Gasteiger partial charge is 0.0747 e. The van der Waals surface area contributed by atoms with Crippen molar-refractivity contribution >= 4 is 0 Å². The highest BCUT2D eigenvalue weighted by Gasteiger charge is 2.57. The average Bonchev–Trinajstić information content (AvgIpc) is 2.27. The largest absolute Gasteiger partial charge is 0.393 e. The van der Waals surface area contributed by atoms with Crippen LogP contribution < -0.4 is 0 Å². The van der Waals surface area contributed by atoms with Crippen molar-refractivity contribution in [1.82, 2.24) is 0 Å². The minimum Gasteiger partial charge on any atom is -0.393 e. The summed E-state index contributed by atoms with van der Waals surface area (Å²) in [5.41, 5.74) is -0.254. The Morgan fingerprint density at radius 2 is 2.06 bits per heavy atom. The Balaban J connectivity index is 2.24. The summed E-state index contributed by atoms with van der Waals surface area (Å²) in [5.74, 6) is 0.290. The van der Waals surface area contributed by atoms with Crippen LogP contribution in [-0.4, -0.2) is 34.6 Å². The molecule has 1 aliphatic heterocycles. The standard InChI is InChI=1S/C13H22O3/c1-9(14)4-5-11-12(2)6-10(15)7-13(11,3)16-8-12/h4-5,9-11,14-15H,6-8H2,1-3H3/b5-4+/t9-,10+,11-,12-,13-/m1/s1. The second kappa shape index (κ2) is 3.83. The summed E-state index contributed by atoms with van der Waals surface area (Å²) in [7, 11) is 0. The second-order valence-corrected chi connectivity index (χ2v) is 5.92. The highest BCUT2D eigenvalue weighted by Crippen LogP contribution is 2.54. The first kappa shape index (κ1) is 12.1. The van der Waals surface area contributed by atoms with Gasteiger partial charge in [-0.2, -0.15) is 0 Å². The molecule has 2 fully saturated rings. The number of aliphatic hydroxyl groups is 2. The molecule has 0 amide bonds. The summed E-state index contributed by atoms with van der Waals surface area (Å²) in [5, 5.41) is 19.2. The molecule has 0 aromatic carbocycles. The van der Waals surface area contributed by atoms with Crippen molar-refractivity contribution in [3.05, 3.63) is 12.2 Å². The molecule has 5 atom stereocenters. The first-order chi connectivity index (χ1) is 7.36. The van der Waals surface area contributed by atoms with Gasteiger partial charge in [-0.25, -0.2) is 0 Å². The molecule has 1 saturated carbocycles. The molecule has 0 radical (unpaired) electrons. The van der Waals surface area contributed by atoms with Gasteiger partial charge in [-0.1, -0.05) is 19.1 Å². The summed E-state index contributed by atoms with van der Waals surface area (Å²) < 4.78 is 5.89. The quantitative estimate of drug-likeness (QED) is 0.701. The van der Waals surface area contributed by atoms with E-state index in [1.165, 1.54) is 0 Å². The maximum atomic E-state index is 9.86. The number of rotatable bonds is 2. The molecule has 0 aromatic rings. The van der Waals surface area contributed by atoms with Gasteiger partial charge in [0.15, 0.2) is 0 Å². The number of fused-ring (bicyclic) bond motifs is 2. The van der Waals surface area contributed by atoms with Crippen LogP contribution in [0.3, 0.4) is 0 Å². The van der Waals surface area contributed by atoms with Gasteiger partial charge < -0.3 is 14.9 Å². The van der Waals surface area contributed by atoms with E-state index in [2.05, 4.69) is 19.9 Å². The molecule has 0 spiro atoms. The van der Waals surface area contributed by atoms with Crippen LogP contribution >= 0.6 is 0 Å². The van der Waals surface area contributed by atoms with Crippen molar-refractivity contribution in [1.29, 1.82) is 0 Å². The maximum Gasteiger partial charge on any atom is 0.0747 e. The predicted octanol–water partition coefficient (Wildman–Crippen LogP) is 1.49. The molecular weight excluding hydrogens is 204 g/mol. The first-order valence-corrected chi connectivity index (χ1v) is 6.04. The molecule has 2 bridgehead atoms. The molecule has 16 heavy (non-hydrogen) atoms. The van der Waals surface area contributed by atoms with Crippen LogP contribution in [-0.2, 0) is 4.74 Å². The summed E-state index contributed by atoms with van der Waals surface area (Å²) >= 11 is 0. The van der Waals surface area contributed by atoms with E-state index in [9.17, 15) is 10.2 Å². The molecule has 3 nitrogen and oxygen atoms in total. The van der Waals surface area contributed by atoms with E-state index >= 15 is 0 Å². The zero-order valence-electron chi connectivity index (χ0n) is 10.3. The van der Waals surface area contributed by atoms with Crippen molar-refractivity contribution < 1.29 is 14.9 Å². The van der Waals surface area contributed by atoms with Crippen molar-refractivity contribution in [2.75, 3.05) is 6.61 Å². The Morgan fingerprint density at radius 1 is 1.38 bits per heavy atom. The topological polar surface area (TPSA) is 49.7 Å². The highest BCUT2D eigenvalue weighted by molar-refractivity contribution is 5.14. The Labute approximate surface area is 97.1 Å². The molecule has 1 heterocycles. The molecule has 1 aliphatic carbocycles. The van der Waals surface area contributed by atoms with Gasteiger partial charge in [-0.3, -0.25) is 0 Å². The lowest BCUT2D eigenvalue weighted by atomic mass is 9.62. The van der Waals surface area contributed by atoms with Gasteiger partial charge in [0.05, 0.1) is 24.4 Å². The molecular formula is C13H22O3. The Bertz CT molecular complexity index is 280. The summed E-state index contributed by atoms with van der Waals surface area (Å²) in [6.07, 6.45) is 4.71. The lowest BCUT2D eigenvalue weighted by Crippen LogP contribution is -2.45. The van der Waals surface area contributed by atoms with Gasteiger partial charge in [-0.15, -0.1) is 0 Å². The monoisotopic (exact) mass is 226 g/mol. The average molecular weight is 226 g/mol. The lowest BCUT2D eigenvalue weighted by Gasteiger charge is -2.42. The Kier molecular flexibility index (Phi) is 2.89. The fourth-order valence-corrected chi connectivity index (χ4v) is 3.40. The van der Waals surface area contributed by atoms with Gasteiger partial charge in [0, 0.05) is 17.8 Å². The van der Waals surface area contributed by atoms with E-state index in [0.29, 0.717) is 13.0 Å². The normalized spacial score (nSPS) is 49.8. The summed E-state index contributed by atoms with van der Waals surface area (Å²) in [6, 6.07) is 0. The van der Waals surface area contributed by atoms with Crippen LogP contribution in [0.4, 0.5) is 0 Å². The van der Waals surface area contributed by atoms with Crippen LogP contribution in [0, 0.1) is 11.3 Å².